The predicted molar refractivity (Wildman–Crippen MR) is 193 cm³/mol. The van der Waals surface area contributed by atoms with E-state index >= 15 is 0 Å². The van der Waals surface area contributed by atoms with Crippen LogP contribution in [0, 0.1) is 0 Å². The van der Waals surface area contributed by atoms with Crippen molar-refractivity contribution in [1.29, 1.82) is 0 Å². The smallest absolute Gasteiger partial charge is 0.253 e. The molecule has 2 N–H and O–H groups in total. The molecule has 7 rings (SSSR count). The molecular formula is C38H46ClN7O2. The average Bonchev–Trinajstić information content (AvgIpc) is 3.55. The first-order valence-electron chi connectivity index (χ1n) is 17.4. The van der Waals surface area contributed by atoms with Crippen LogP contribution in [0.2, 0.25) is 5.02 Å². The van der Waals surface area contributed by atoms with Crippen LogP contribution < -0.4 is 15.5 Å². The first-order valence-corrected chi connectivity index (χ1v) is 17.8. The maximum absolute atomic E-state index is 13.9. The number of fused-ring (bicyclic) bond motifs is 2. The van der Waals surface area contributed by atoms with Gasteiger partial charge in [-0.05, 0) is 116 Å². The van der Waals surface area contributed by atoms with Crippen molar-refractivity contribution in [1.82, 2.24) is 24.8 Å². The van der Waals surface area contributed by atoms with Crippen LogP contribution in [0.5, 0.6) is 0 Å². The largest absolute Gasteiger partial charge is 0.350 e. The number of nitrogens with one attached hydrogen (secondary N) is 2. The van der Waals surface area contributed by atoms with Gasteiger partial charge in [0, 0.05) is 41.1 Å². The minimum absolute atomic E-state index is 0.0203. The van der Waals surface area contributed by atoms with Crippen molar-refractivity contribution in [2.75, 3.05) is 23.3 Å². The third-order valence-corrected chi connectivity index (χ3v) is 10.7. The lowest BCUT2D eigenvalue weighted by Gasteiger charge is -2.48. The number of hydrogen-bond acceptors (Lipinski definition) is 6. The maximum Gasteiger partial charge on any atom is 0.253 e. The molecule has 2 aromatic carbocycles. The Kier molecular flexibility index (Phi) is 8.48. The van der Waals surface area contributed by atoms with E-state index in [0.29, 0.717) is 28.1 Å². The molecule has 0 bridgehead atoms. The Balaban J connectivity index is 1.25. The van der Waals surface area contributed by atoms with Crippen molar-refractivity contribution in [3.8, 4) is 11.3 Å². The van der Waals surface area contributed by atoms with Crippen LogP contribution in [0.1, 0.15) is 95.6 Å². The molecule has 2 amide bonds. The van der Waals surface area contributed by atoms with E-state index in [1.54, 1.807) is 12.1 Å². The van der Waals surface area contributed by atoms with Crippen LogP contribution in [0.25, 0.3) is 22.3 Å². The van der Waals surface area contributed by atoms with Gasteiger partial charge in [-0.25, -0.2) is 9.97 Å². The minimum atomic E-state index is -0.585. The first kappa shape index (κ1) is 32.6. The fourth-order valence-electron chi connectivity index (χ4n) is 7.60. The van der Waals surface area contributed by atoms with Crippen molar-refractivity contribution in [3.63, 3.8) is 0 Å². The molecule has 1 saturated heterocycles. The summed E-state index contributed by atoms with van der Waals surface area (Å²) in [7, 11) is 0. The van der Waals surface area contributed by atoms with Crippen LogP contribution in [-0.4, -0.2) is 62.5 Å². The van der Waals surface area contributed by atoms with Gasteiger partial charge in [-0.1, -0.05) is 30.2 Å². The van der Waals surface area contributed by atoms with E-state index in [2.05, 4.69) is 57.0 Å². The molecule has 1 aliphatic carbocycles. The van der Waals surface area contributed by atoms with Gasteiger partial charge < -0.3 is 25.0 Å². The van der Waals surface area contributed by atoms with Crippen molar-refractivity contribution in [2.45, 2.75) is 103 Å². The van der Waals surface area contributed by atoms with Crippen molar-refractivity contribution in [3.05, 3.63) is 64.9 Å². The van der Waals surface area contributed by atoms with E-state index in [9.17, 15) is 9.59 Å². The number of piperidine rings is 1. The van der Waals surface area contributed by atoms with Crippen LogP contribution in [0.4, 0.5) is 17.2 Å². The first-order chi connectivity index (χ1) is 22.9. The lowest BCUT2D eigenvalue weighted by atomic mass is 9.82. The summed E-state index contributed by atoms with van der Waals surface area (Å²) >= 11 is 6.45. The zero-order valence-corrected chi connectivity index (χ0v) is 29.6. The Bertz CT molecular complexity index is 1890. The molecule has 4 heterocycles. The lowest BCUT2D eigenvalue weighted by Crippen LogP contribution is -2.57. The van der Waals surface area contributed by atoms with E-state index in [4.69, 9.17) is 21.6 Å². The van der Waals surface area contributed by atoms with Gasteiger partial charge in [-0.2, -0.15) is 0 Å². The Hall–Kier alpha value is -3.95. The molecule has 2 aromatic heterocycles. The van der Waals surface area contributed by atoms with Gasteiger partial charge in [0.05, 0.1) is 33.5 Å². The zero-order chi connectivity index (χ0) is 33.9. The number of halogens is 1. The summed E-state index contributed by atoms with van der Waals surface area (Å²) in [5.74, 6) is 0.577. The van der Waals surface area contributed by atoms with Crippen molar-refractivity contribution in [2.24, 2.45) is 0 Å². The number of carbonyl (C=O) groups is 2. The molecule has 48 heavy (non-hydrogen) atoms. The van der Waals surface area contributed by atoms with E-state index in [-0.39, 0.29) is 29.9 Å². The number of imidazole rings is 1. The Labute approximate surface area is 288 Å². The summed E-state index contributed by atoms with van der Waals surface area (Å²) < 4.78 is 2.09. The molecule has 4 aromatic rings. The summed E-state index contributed by atoms with van der Waals surface area (Å²) in [6.45, 7) is 14.5. The molecule has 252 valence electrons. The summed E-state index contributed by atoms with van der Waals surface area (Å²) in [5.41, 5.74) is 5.91. The number of aromatic nitrogens is 3. The average molecular weight is 668 g/mol. The maximum atomic E-state index is 13.9. The highest BCUT2D eigenvalue weighted by atomic mass is 35.5. The number of rotatable bonds is 8. The number of likely N-dealkylation sites (tertiary alicyclic amines) is 1. The number of benzene rings is 2. The standard InChI is InChI=1S/C38H46ClN7O2/c1-22(2)41-36(47)28-17-25(11-13-30(28)39)42-35-34-32(40-21-45(34)23(3)4)20-31(43-35)24-10-12-29-33(16-24)46(37(48)38(29,5)6)27-18-26(19-27)44-14-8-7-9-15-44/h10-13,16-17,20-23,26-27H,7-9,14-15,18-19H2,1-6H3,(H,41,47)(H,42,43)/t26-,27+. The summed E-state index contributed by atoms with van der Waals surface area (Å²) in [6.07, 6.45) is 7.77. The van der Waals surface area contributed by atoms with Crippen LogP contribution in [-0.2, 0) is 10.2 Å². The number of hydrogen-bond donors (Lipinski definition) is 2. The molecule has 3 aliphatic rings. The molecule has 0 atom stereocenters. The number of anilines is 3. The second-order valence-electron chi connectivity index (χ2n) is 14.8. The van der Waals surface area contributed by atoms with Gasteiger partial charge in [-0.3, -0.25) is 9.59 Å². The Morgan fingerprint density at radius 1 is 0.979 bits per heavy atom. The van der Waals surface area contributed by atoms with Crippen LogP contribution in [0.3, 0.4) is 0 Å². The molecule has 0 spiro atoms. The number of pyridine rings is 1. The summed E-state index contributed by atoms with van der Waals surface area (Å²) in [5, 5.41) is 6.80. The van der Waals surface area contributed by atoms with E-state index < -0.39 is 5.41 Å². The topological polar surface area (TPSA) is 95.4 Å². The lowest BCUT2D eigenvalue weighted by molar-refractivity contribution is -0.123. The molecule has 1 saturated carbocycles. The fourth-order valence-corrected chi connectivity index (χ4v) is 7.80. The van der Waals surface area contributed by atoms with Gasteiger partial charge in [-0.15, -0.1) is 0 Å². The van der Waals surface area contributed by atoms with Gasteiger partial charge in [0.15, 0.2) is 5.82 Å². The SMILES string of the molecule is CC(C)NC(=O)c1cc(Nc2nc(-c3ccc4c(c3)N([C@H]3C[C@@H](N5CCCCC5)C3)C(=O)C4(C)C)cc3ncn(C(C)C)c23)ccc1Cl. The number of carbonyl (C=O) groups excluding carboxylic acids is 2. The Morgan fingerprint density at radius 3 is 2.44 bits per heavy atom. The Morgan fingerprint density at radius 2 is 1.73 bits per heavy atom. The minimum Gasteiger partial charge on any atom is -0.350 e. The van der Waals surface area contributed by atoms with Crippen LogP contribution in [0.15, 0.2) is 48.8 Å². The predicted octanol–water partition coefficient (Wildman–Crippen LogP) is 7.86. The van der Waals surface area contributed by atoms with Gasteiger partial charge in [0.2, 0.25) is 5.91 Å². The molecule has 0 unspecified atom stereocenters. The van der Waals surface area contributed by atoms with Crippen molar-refractivity contribution < 1.29 is 9.59 Å². The van der Waals surface area contributed by atoms with E-state index in [1.807, 2.05) is 46.2 Å². The van der Waals surface area contributed by atoms with Gasteiger partial charge in [0.25, 0.3) is 5.91 Å². The molecule has 2 aliphatic heterocycles. The quantitative estimate of drug-likeness (QED) is 0.199. The van der Waals surface area contributed by atoms with Crippen molar-refractivity contribution >= 4 is 51.6 Å². The molecule has 2 fully saturated rings. The zero-order valence-electron chi connectivity index (χ0n) is 28.8. The molecular weight excluding hydrogens is 622 g/mol. The monoisotopic (exact) mass is 667 g/mol. The second kappa shape index (κ2) is 12.5. The summed E-state index contributed by atoms with van der Waals surface area (Å²) in [4.78, 5) is 41.5. The number of amides is 2. The molecule has 10 heteroatoms. The van der Waals surface area contributed by atoms with Gasteiger partial charge >= 0.3 is 0 Å². The highest BCUT2D eigenvalue weighted by Gasteiger charge is 2.50. The third kappa shape index (κ3) is 5.75. The highest BCUT2D eigenvalue weighted by molar-refractivity contribution is 6.34. The third-order valence-electron chi connectivity index (χ3n) is 10.3. The van der Waals surface area contributed by atoms with Crippen LogP contribution >= 0.6 is 11.6 Å². The van der Waals surface area contributed by atoms with Gasteiger partial charge in [0.1, 0.15) is 5.52 Å². The summed E-state index contributed by atoms with van der Waals surface area (Å²) in [6, 6.07) is 14.6. The molecule has 9 nitrogen and oxygen atoms in total. The fraction of sp³-hybridized carbons (Fsp3) is 0.474. The normalized spacial score (nSPS) is 20.8. The highest BCUT2D eigenvalue weighted by Crippen LogP contribution is 2.48. The number of nitrogens with zero attached hydrogens (tertiary/aromatic N) is 5. The second-order valence-corrected chi connectivity index (χ2v) is 15.2. The molecule has 0 radical (unpaired) electrons. The van der Waals surface area contributed by atoms with E-state index in [1.165, 1.54) is 32.4 Å². The van der Waals surface area contributed by atoms with E-state index in [0.717, 1.165) is 46.4 Å².